The van der Waals surface area contributed by atoms with Crippen LogP contribution in [-0.4, -0.2) is 4.98 Å². The third-order valence-corrected chi connectivity index (χ3v) is 2.64. The highest BCUT2D eigenvalue weighted by Gasteiger charge is 1.97. The van der Waals surface area contributed by atoms with Gasteiger partial charge in [0.2, 0.25) is 0 Å². The Kier molecular flexibility index (Phi) is 3.25. The molecule has 2 rings (SSSR count). The third-order valence-electron chi connectivity index (χ3n) is 2.64. The summed E-state index contributed by atoms with van der Waals surface area (Å²) in [7, 11) is 0. The van der Waals surface area contributed by atoms with Crippen molar-refractivity contribution < 1.29 is 0 Å². The molecule has 0 atom stereocenters. The predicted octanol–water partition coefficient (Wildman–Crippen LogP) is 2.72. The number of benzene rings is 1. The molecule has 1 heteroatoms. The standard InChI is InChI=1S/C15H17N/c1-3-5-10-14-12(8-4-2)13-9-6-7-11-15(13)16-14/h3,5-11,16H,4H2,1-2H3/b5-3-,12-8-,14-10+. The van der Waals surface area contributed by atoms with Crippen LogP contribution in [0.2, 0.25) is 0 Å². The first-order valence-corrected chi connectivity index (χ1v) is 5.76. The van der Waals surface area contributed by atoms with Crippen molar-refractivity contribution in [2.24, 2.45) is 0 Å². The van der Waals surface area contributed by atoms with E-state index in [-0.39, 0.29) is 0 Å². The molecule has 0 spiro atoms. The molecule has 0 bridgehead atoms. The number of rotatable bonds is 2. The Balaban J connectivity index is 2.84. The number of H-pyrrole nitrogens is 1. The molecule has 1 nitrogen and oxygen atoms in total. The molecule has 82 valence electrons. The normalized spacial score (nSPS) is 14.4. The molecule has 0 aliphatic rings. The van der Waals surface area contributed by atoms with Crippen molar-refractivity contribution in [2.45, 2.75) is 20.3 Å². The van der Waals surface area contributed by atoms with E-state index < -0.39 is 0 Å². The molecular formula is C15H17N. The Morgan fingerprint density at radius 1 is 1.25 bits per heavy atom. The van der Waals surface area contributed by atoms with Gasteiger partial charge in [-0.25, -0.2) is 0 Å². The molecule has 1 aromatic heterocycles. The second-order valence-electron chi connectivity index (χ2n) is 3.80. The minimum atomic E-state index is 1.05. The lowest BCUT2D eigenvalue weighted by atomic mass is 10.2. The second-order valence-corrected chi connectivity index (χ2v) is 3.80. The lowest BCUT2D eigenvalue weighted by molar-refractivity contribution is 1.27. The van der Waals surface area contributed by atoms with Crippen molar-refractivity contribution in [3.63, 3.8) is 0 Å². The van der Waals surface area contributed by atoms with Crippen LogP contribution < -0.4 is 10.6 Å². The summed E-state index contributed by atoms with van der Waals surface area (Å²) in [5.41, 5.74) is 1.21. The van der Waals surface area contributed by atoms with Gasteiger partial charge in [0.1, 0.15) is 0 Å². The first-order valence-electron chi connectivity index (χ1n) is 5.76. The highest BCUT2D eigenvalue weighted by atomic mass is 14.7. The maximum absolute atomic E-state index is 3.45. The van der Waals surface area contributed by atoms with Crippen LogP contribution in [0.3, 0.4) is 0 Å². The van der Waals surface area contributed by atoms with Gasteiger partial charge in [-0.05, 0) is 25.5 Å². The molecule has 0 saturated heterocycles. The predicted molar refractivity (Wildman–Crippen MR) is 71.6 cm³/mol. The molecule has 1 N–H and O–H groups in total. The highest BCUT2D eigenvalue weighted by molar-refractivity contribution is 5.81. The van der Waals surface area contributed by atoms with Crippen LogP contribution in [0.5, 0.6) is 0 Å². The quantitative estimate of drug-likeness (QED) is 0.786. The number of aromatic amines is 1. The van der Waals surface area contributed by atoms with Crippen LogP contribution in [0.1, 0.15) is 20.3 Å². The second kappa shape index (κ2) is 4.84. The number of allylic oxidation sites excluding steroid dienone is 2. The van der Waals surface area contributed by atoms with Gasteiger partial charge in [-0.1, -0.05) is 43.4 Å². The van der Waals surface area contributed by atoms with E-state index in [1.165, 1.54) is 21.5 Å². The lowest BCUT2D eigenvalue weighted by Crippen LogP contribution is -2.22. The van der Waals surface area contributed by atoms with Gasteiger partial charge in [0.05, 0.1) is 0 Å². The maximum atomic E-state index is 3.45. The van der Waals surface area contributed by atoms with E-state index in [2.05, 4.69) is 54.4 Å². The Hall–Kier alpha value is -1.76. The molecule has 0 fully saturated rings. The van der Waals surface area contributed by atoms with Gasteiger partial charge in [0.25, 0.3) is 0 Å². The number of hydrogen-bond acceptors (Lipinski definition) is 0. The van der Waals surface area contributed by atoms with Crippen molar-refractivity contribution >= 4 is 23.1 Å². The molecule has 0 amide bonds. The van der Waals surface area contributed by atoms with E-state index in [4.69, 9.17) is 0 Å². The fraction of sp³-hybridized carbons (Fsp3) is 0.200. The smallest absolute Gasteiger partial charge is 0.0464 e. The SMILES string of the molecule is C\C=C/C=c1/[nH]c2ccccc2/c1=C/CC. The fourth-order valence-electron chi connectivity index (χ4n) is 1.93. The molecule has 0 aliphatic heterocycles. The summed E-state index contributed by atoms with van der Waals surface area (Å²) >= 11 is 0. The number of hydrogen-bond donors (Lipinski definition) is 1. The van der Waals surface area contributed by atoms with Gasteiger partial charge in [-0.3, -0.25) is 0 Å². The average molecular weight is 211 g/mol. The highest BCUT2D eigenvalue weighted by Crippen LogP contribution is 2.03. The Morgan fingerprint density at radius 3 is 2.81 bits per heavy atom. The minimum Gasteiger partial charge on any atom is -0.355 e. The zero-order valence-electron chi connectivity index (χ0n) is 9.83. The summed E-state index contributed by atoms with van der Waals surface area (Å²) in [6, 6.07) is 8.44. The van der Waals surface area contributed by atoms with Gasteiger partial charge in [-0.15, -0.1) is 0 Å². The Bertz CT molecular complexity index is 614. The molecule has 0 saturated carbocycles. The van der Waals surface area contributed by atoms with Crippen LogP contribution in [0.4, 0.5) is 0 Å². The van der Waals surface area contributed by atoms with Crippen molar-refractivity contribution in [3.05, 3.63) is 47.0 Å². The van der Waals surface area contributed by atoms with Gasteiger partial charge >= 0.3 is 0 Å². The number of nitrogens with one attached hydrogen (secondary N) is 1. The zero-order valence-corrected chi connectivity index (χ0v) is 9.83. The lowest BCUT2D eigenvalue weighted by Gasteiger charge is -1.86. The van der Waals surface area contributed by atoms with Crippen LogP contribution in [0, 0.1) is 0 Å². The molecule has 16 heavy (non-hydrogen) atoms. The van der Waals surface area contributed by atoms with E-state index in [1.807, 2.05) is 13.0 Å². The summed E-state index contributed by atoms with van der Waals surface area (Å²) in [6.07, 6.45) is 9.56. The zero-order chi connectivity index (χ0) is 11.4. The summed E-state index contributed by atoms with van der Waals surface area (Å²) in [4.78, 5) is 3.45. The van der Waals surface area contributed by atoms with Crippen molar-refractivity contribution in [1.82, 2.24) is 4.98 Å². The van der Waals surface area contributed by atoms with Crippen molar-refractivity contribution in [1.29, 1.82) is 0 Å². The first-order chi connectivity index (χ1) is 7.86. The number of fused-ring (bicyclic) bond motifs is 1. The minimum absolute atomic E-state index is 1.05. The van der Waals surface area contributed by atoms with Gasteiger partial charge in [-0.2, -0.15) is 0 Å². The third kappa shape index (κ3) is 1.94. The van der Waals surface area contributed by atoms with Gasteiger partial charge < -0.3 is 4.98 Å². The fourth-order valence-corrected chi connectivity index (χ4v) is 1.93. The molecule has 2 aromatic rings. The Morgan fingerprint density at radius 2 is 2.06 bits per heavy atom. The summed E-state index contributed by atoms with van der Waals surface area (Å²) in [6.45, 7) is 4.20. The molecule has 0 unspecified atom stereocenters. The van der Waals surface area contributed by atoms with E-state index in [0.29, 0.717) is 0 Å². The molecule has 1 aromatic carbocycles. The Labute approximate surface area is 95.8 Å². The van der Waals surface area contributed by atoms with E-state index in [9.17, 15) is 0 Å². The van der Waals surface area contributed by atoms with Crippen LogP contribution >= 0.6 is 0 Å². The first kappa shape index (κ1) is 10.7. The van der Waals surface area contributed by atoms with Crippen LogP contribution in [-0.2, 0) is 0 Å². The molecule has 0 radical (unpaired) electrons. The summed E-state index contributed by atoms with van der Waals surface area (Å²) in [5, 5.41) is 3.82. The topological polar surface area (TPSA) is 15.8 Å². The van der Waals surface area contributed by atoms with E-state index in [1.54, 1.807) is 0 Å². The van der Waals surface area contributed by atoms with Crippen LogP contribution in [0.25, 0.3) is 23.1 Å². The molecular weight excluding hydrogens is 194 g/mol. The molecule has 1 heterocycles. The number of para-hydroxylation sites is 1. The van der Waals surface area contributed by atoms with Crippen molar-refractivity contribution in [3.8, 4) is 0 Å². The summed E-state index contributed by atoms with van der Waals surface area (Å²) < 4.78 is 0. The largest absolute Gasteiger partial charge is 0.355 e. The van der Waals surface area contributed by atoms with Crippen molar-refractivity contribution in [2.75, 3.05) is 0 Å². The summed E-state index contributed by atoms with van der Waals surface area (Å²) in [5.74, 6) is 0. The average Bonchev–Trinajstić information content (AvgIpc) is 2.66. The van der Waals surface area contributed by atoms with E-state index in [0.717, 1.165) is 6.42 Å². The molecule has 0 aliphatic carbocycles. The maximum Gasteiger partial charge on any atom is 0.0464 e. The number of aromatic nitrogens is 1. The van der Waals surface area contributed by atoms with Gasteiger partial charge in [0.15, 0.2) is 0 Å². The monoisotopic (exact) mass is 211 g/mol. The van der Waals surface area contributed by atoms with E-state index >= 15 is 0 Å². The van der Waals surface area contributed by atoms with Gasteiger partial charge in [0, 0.05) is 21.5 Å². The van der Waals surface area contributed by atoms with Crippen LogP contribution in [0.15, 0.2) is 36.4 Å².